The van der Waals surface area contributed by atoms with Gasteiger partial charge < -0.3 is 15.8 Å². The average Bonchev–Trinajstić information content (AvgIpc) is 3.27. The van der Waals surface area contributed by atoms with Crippen LogP contribution >= 0.6 is 0 Å². The average molecular weight is 288 g/mol. The molecule has 3 rings (SSSR count). The van der Waals surface area contributed by atoms with Gasteiger partial charge in [-0.05, 0) is 50.1 Å². The van der Waals surface area contributed by atoms with E-state index in [2.05, 4.69) is 35.6 Å². The third-order valence-electron chi connectivity index (χ3n) is 4.76. The number of ether oxygens (including phenoxy) is 1. The second kappa shape index (κ2) is 6.48. The minimum atomic E-state index is -0.639. The summed E-state index contributed by atoms with van der Waals surface area (Å²) in [7, 11) is 0. The van der Waals surface area contributed by atoms with Crippen molar-refractivity contribution >= 4 is 6.09 Å². The third kappa shape index (κ3) is 3.97. The Balaban J connectivity index is 1.35. The molecule has 0 saturated heterocycles. The van der Waals surface area contributed by atoms with Crippen LogP contribution in [0, 0.1) is 5.92 Å². The van der Waals surface area contributed by atoms with Gasteiger partial charge in [0.15, 0.2) is 0 Å². The lowest BCUT2D eigenvalue weighted by Gasteiger charge is -2.28. The van der Waals surface area contributed by atoms with E-state index in [4.69, 9.17) is 10.5 Å². The summed E-state index contributed by atoms with van der Waals surface area (Å²) in [6, 6.07) is 11.4. The second-order valence-electron chi connectivity index (χ2n) is 6.35. The number of carbonyl (C=O) groups is 1. The van der Waals surface area contributed by atoms with E-state index >= 15 is 0 Å². The van der Waals surface area contributed by atoms with Gasteiger partial charge in [0.1, 0.15) is 6.10 Å². The topological polar surface area (TPSA) is 64.4 Å². The number of primary amides is 1. The van der Waals surface area contributed by atoms with Crippen molar-refractivity contribution in [2.45, 2.75) is 50.2 Å². The maximum Gasteiger partial charge on any atom is 0.404 e. The summed E-state index contributed by atoms with van der Waals surface area (Å²) in [5.74, 6) is 1.40. The minimum absolute atomic E-state index is 0.0387. The first-order valence-electron chi connectivity index (χ1n) is 7.97. The fraction of sp³-hybridized carbons (Fsp3) is 0.588. The number of nitrogens with one attached hydrogen (secondary N) is 1. The van der Waals surface area contributed by atoms with Crippen molar-refractivity contribution < 1.29 is 9.53 Å². The summed E-state index contributed by atoms with van der Waals surface area (Å²) in [5, 5.41) is 3.70. The molecule has 1 aromatic rings. The van der Waals surface area contributed by atoms with Crippen molar-refractivity contribution in [3.05, 3.63) is 35.9 Å². The molecule has 0 spiro atoms. The van der Waals surface area contributed by atoms with Crippen molar-refractivity contribution in [3.63, 3.8) is 0 Å². The van der Waals surface area contributed by atoms with Gasteiger partial charge in [-0.1, -0.05) is 30.3 Å². The first kappa shape index (κ1) is 14.4. The Morgan fingerprint density at radius 2 is 1.90 bits per heavy atom. The van der Waals surface area contributed by atoms with Crippen molar-refractivity contribution in [2.24, 2.45) is 11.7 Å². The first-order chi connectivity index (χ1) is 10.2. The van der Waals surface area contributed by atoms with E-state index in [9.17, 15) is 4.79 Å². The highest BCUT2D eigenvalue weighted by atomic mass is 16.6. The molecule has 3 N–H and O–H groups in total. The zero-order valence-electron chi connectivity index (χ0n) is 12.3. The van der Waals surface area contributed by atoms with E-state index < -0.39 is 6.09 Å². The Morgan fingerprint density at radius 3 is 2.57 bits per heavy atom. The van der Waals surface area contributed by atoms with Gasteiger partial charge in [0.2, 0.25) is 0 Å². The fourth-order valence-electron chi connectivity index (χ4n) is 3.43. The monoisotopic (exact) mass is 288 g/mol. The van der Waals surface area contributed by atoms with E-state index in [1.54, 1.807) is 0 Å². The number of amides is 1. The molecule has 2 aliphatic carbocycles. The summed E-state index contributed by atoms with van der Waals surface area (Å²) in [6.07, 6.45) is 4.78. The van der Waals surface area contributed by atoms with Crippen molar-refractivity contribution in [2.75, 3.05) is 6.54 Å². The number of hydrogen-bond donors (Lipinski definition) is 2. The lowest BCUT2D eigenvalue weighted by molar-refractivity contribution is 0.0709. The number of nitrogens with two attached hydrogens (primary N) is 1. The largest absolute Gasteiger partial charge is 0.446 e. The molecule has 1 aromatic carbocycles. The molecule has 0 bridgehead atoms. The highest BCUT2D eigenvalue weighted by molar-refractivity contribution is 5.64. The van der Waals surface area contributed by atoms with Crippen molar-refractivity contribution in [1.29, 1.82) is 0 Å². The standard InChI is InChI=1S/C17H24N2O2/c18-17(20)21-14-8-6-12(7-9-14)11-19-16-10-15(16)13-4-2-1-3-5-13/h1-5,12,14-16,19H,6-11H2,(H2,18,20). The smallest absolute Gasteiger partial charge is 0.404 e. The molecule has 4 heteroatoms. The highest BCUT2D eigenvalue weighted by Crippen LogP contribution is 2.40. The molecule has 2 fully saturated rings. The second-order valence-corrected chi connectivity index (χ2v) is 6.35. The van der Waals surface area contributed by atoms with Crippen LogP contribution < -0.4 is 11.1 Å². The molecular formula is C17H24N2O2. The lowest BCUT2D eigenvalue weighted by atomic mass is 9.87. The highest BCUT2D eigenvalue weighted by Gasteiger charge is 2.38. The lowest BCUT2D eigenvalue weighted by Crippen LogP contribution is -2.32. The van der Waals surface area contributed by atoms with Gasteiger partial charge in [-0.15, -0.1) is 0 Å². The summed E-state index contributed by atoms with van der Waals surface area (Å²) >= 11 is 0. The van der Waals surface area contributed by atoms with Gasteiger partial charge in [-0.3, -0.25) is 0 Å². The van der Waals surface area contributed by atoms with Crippen LogP contribution in [0.2, 0.25) is 0 Å². The quantitative estimate of drug-likeness (QED) is 0.875. The van der Waals surface area contributed by atoms with E-state index in [1.165, 1.54) is 12.0 Å². The molecule has 4 nitrogen and oxygen atoms in total. The van der Waals surface area contributed by atoms with Gasteiger partial charge >= 0.3 is 6.09 Å². The SMILES string of the molecule is NC(=O)OC1CCC(CNC2CC2c2ccccc2)CC1. The first-order valence-corrected chi connectivity index (χ1v) is 7.97. The van der Waals surface area contributed by atoms with E-state index in [1.807, 2.05) is 0 Å². The molecule has 0 aromatic heterocycles. The number of rotatable bonds is 5. The summed E-state index contributed by atoms with van der Waals surface area (Å²) in [4.78, 5) is 10.7. The van der Waals surface area contributed by atoms with Crippen molar-refractivity contribution in [3.8, 4) is 0 Å². The van der Waals surface area contributed by atoms with E-state index in [0.717, 1.165) is 32.2 Å². The van der Waals surface area contributed by atoms with Crippen molar-refractivity contribution in [1.82, 2.24) is 5.32 Å². The van der Waals surface area contributed by atoms with E-state index in [-0.39, 0.29) is 6.10 Å². The minimum Gasteiger partial charge on any atom is -0.446 e. The van der Waals surface area contributed by atoms with Gasteiger partial charge in [0.25, 0.3) is 0 Å². The summed E-state index contributed by atoms with van der Waals surface area (Å²) in [6.45, 7) is 1.08. The van der Waals surface area contributed by atoms with Gasteiger partial charge in [0, 0.05) is 12.0 Å². The molecule has 1 amide bonds. The normalized spacial score (nSPS) is 31.6. The number of hydrogen-bond acceptors (Lipinski definition) is 3. The van der Waals surface area contributed by atoms with Crippen LogP contribution in [0.15, 0.2) is 30.3 Å². The Hall–Kier alpha value is -1.55. The van der Waals surface area contributed by atoms with Gasteiger partial charge in [-0.2, -0.15) is 0 Å². The summed E-state index contributed by atoms with van der Waals surface area (Å²) in [5.41, 5.74) is 6.51. The predicted octanol–water partition coefficient (Wildman–Crippen LogP) is 2.79. The molecule has 0 heterocycles. The van der Waals surface area contributed by atoms with Crippen LogP contribution in [0.25, 0.3) is 0 Å². The van der Waals surface area contributed by atoms with Gasteiger partial charge in [-0.25, -0.2) is 4.79 Å². The molecule has 2 aliphatic rings. The van der Waals surface area contributed by atoms with Crippen LogP contribution in [0.5, 0.6) is 0 Å². The summed E-state index contributed by atoms with van der Waals surface area (Å²) < 4.78 is 5.07. The molecule has 21 heavy (non-hydrogen) atoms. The number of benzene rings is 1. The fourth-order valence-corrected chi connectivity index (χ4v) is 3.43. The number of carbonyl (C=O) groups excluding carboxylic acids is 1. The molecule has 114 valence electrons. The zero-order chi connectivity index (χ0) is 14.7. The predicted molar refractivity (Wildman–Crippen MR) is 82.0 cm³/mol. The Morgan fingerprint density at radius 1 is 1.19 bits per heavy atom. The van der Waals surface area contributed by atoms with Crippen LogP contribution in [0.1, 0.15) is 43.6 Å². The zero-order valence-corrected chi connectivity index (χ0v) is 12.3. The maximum absolute atomic E-state index is 10.7. The van der Waals surface area contributed by atoms with Gasteiger partial charge in [0.05, 0.1) is 0 Å². The van der Waals surface area contributed by atoms with Crippen LogP contribution in [-0.2, 0) is 4.74 Å². The molecular weight excluding hydrogens is 264 g/mol. The molecule has 2 unspecified atom stereocenters. The van der Waals surface area contributed by atoms with Crippen LogP contribution in [0.3, 0.4) is 0 Å². The maximum atomic E-state index is 10.7. The molecule has 2 atom stereocenters. The Kier molecular flexibility index (Phi) is 4.44. The van der Waals surface area contributed by atoms with E-state index in [0.29, 0.717) is 17.9 Å². The molecule has 0 radical (unpaired) electrons. The molecule has 0 aliphatic heterocycles. The van der Waals surface area contributed by atoms with Crippen LogP contribution in [-0.4, -0.2) is 24.8 Å². The van der Waals surface area contributed by atoms with Crippen LogP contribution in [0.4, 0.5) is 4.79 Å². The molecule has 2 saturated carbocycles. The Labute approximate surface area is 126 Å². The Bertz CT molecular complexity index is 469. The third-order valence-corrected chi connectivity index (χ3v) is 4.76.